The Kier molecular flexibility index (Phi) is 6.99. The van der Waals surface area contributed by atoms with Crippen molar-refractivity contribution < 1.29 is 0 Å². The maximum Gasteiger partial charge on any atom is 0.0991 e. The highest BCUT2D eigenvalue weighted by molar-refractivity contribution is 8.34. The van der Waals surface area contributed by atoms with Gasteiger partial charge in [-0.05, 0) is 83.9 Å². The Hall–Kier alpha value is -5.82. The zero-order valence-electron chi connectivity index (χ0n) is 25.1. The summed E-state index contributed by atoms with van der Waals surface area (Å²) in [5.41, 5.74) is 6.37. The molecule has 0 bridgehead atoms. The number of nitrogens with zero attached hydrogens (tertiary/aromatic N) is 2. The number of benzene rings is 7. The lowest BCUT2D eigenvalue weighted by Gasteiger charge is -2.42. The predicted octanol–water partition coefficient (Wildman–Crippen LogP) is 11.7. The van der Waals surface area contributed by atoms with E-state index in [1.54, 1.807) is 0 Å². The van der Waals surface area contributed by atoms with E-state index in [0.29, 0.717) is 5.56 Å². The number of aromatic nitrogens is 1. The van der Waals surface area contributed by atoms with Gasteiger partial charge in [0.25, 0.3) is 0 Å². The summed E-state index contributed by atoms with van der Waals surface area (Å²) in [5.74, 6) is 0. The molecule has 0 spiro atoms. The number of nitriles is 1. The average Bonchev–Trinajstić information content (AvgIpc) is 3.48. The molecule has 2 nitrogen and oxygen atoms in total. The molecule has 8 aromatic rings. The molecule has 1 heterocycles. The van der Waals surface area contributed by atoms with Crippen molar-refractivity contribution in [3.8, 4) is 22.9 Å². The monoisotopic (exact) mass is 606 g/mol. The third-order valence-electron chi connectivity index (χ3n) is 8.71. The fourth-order valence-corrected chi connectivity index (χ4v) is 10.8. The van der Waals surface area contributed by atoms with Crippen molar-refractivity contribution in [1.82, 2.24) is 4.57 Å². The van der Waals surface area contributed by atoms with Crippen molar-refractivity contribution in [3.63, 3.8) is 0 Å². The lowest BCUT2D eigenvalue weighted by molar-refractivity contribution is 1.14. The van der Waals surface area contributed by atoms with Crippen LogP contribution in [0.5, 0.6) is 0 Å². The fraction of sp³-hybridized carbons (Fsp3) is 0. The Bertz CT molecular complexity index is 2310. The number of fused-ring (bicyclic) bond motifs is 3. The molecule has 3 heteroatoms. The minimum Gasteiger partial charge on any atom is -0.308 e. The minimum absolute atomic E-state index is 0.658. The lowest BCUT2D eigenvalue weighted by atomic mass is 10.1. The van der Waals surface area contributed by atoms with Crippen LogP contribution in [0.2, 0.25) is 0 Å². The molecule has 0 fully saturated rings. The second-order valence-electron chi connectivity index (χ2n) is 11.3. The molecular formula is C43H30N2S. The summed E-state index contributed by atoms with van der Waals surface area (Å²) in [4.78, 5) is 5.05. The van der Waals surface area contributed by atoms with E-state index in [4.69, 9.17) is 0 Å². The van der Waals surface area contributed by atoms with Gasteiger partial charge in [-0.15, -0.1) is 10.0 Å². The first-order valence-corrected chi connectivity index (χ1v) is 17.0. The number of rotatable bonds is 6. The van der Waals surface area contributed by atoms with Crippen molar-refractivity contribution in [2.45, 2.75) is 19.6 Å². The quantitative estimate of drug-likeness (QED) is 0.185. The number of hydrogen-bond donors (Lipinski definition) is 0. The van der Waals surface area contributed by atoms with Gasteiger partial charge in [0.15, 0.2) is 0 Å². The molecular weight excluding hydrogens is 577 g/mol. The molecule has 0 N–H and O–H groups in total. The van der Waals surface area contributed by atoms with E-state index in [1.165, 1.54) is 30.7 Å². The van der Waals surface area contributed by atoms with Crippen molar-refractivity contribution in [1.29, 1.82) is 5.26 Å². The van der Waals surface area contributed by atoms with Crippen LogP contribution in [0.15, 0.2) is 202 Å². The highest BCUT2D eigenvalue weighted by Gasteiger charge is 2.36. The summed E-state index contributed by atoms with van der Waals surface area (Å²) in [6, 6.07) is 67.5. The number of hydrogen-bond acceptors (Lipinski definition) is 1. The Morgan fingerprint density at radius 1 is 0.457 bits per heavy atom. The van der Waals surface area contributed by atoms with Crippen LogP contribution in [-0.4, -0.2) is 4.57 Å². The van der Waals surface area contributed by atoms with Gasteiger partial charge in [0.05, 0.1) is 22.7 Å². The van der Waals surface area contributed by atoms with Gasteiger partial charge in [-0.2, -0.15) is 5.26 Å². The van der Waals surface area contributed by atoms with Gasteiger partial charge in [0.1, 0.15) is 0 Å². The summed E-state index contributed by atoms with van der Waals surface area (Å²) < 4.78 is 2.40. The summed E-state index contributed by atoms with van der Waals surface area (Å²) in [5, 5.41) is 12.1. The molecule has 1 aromatic heterocycles. The molecule has 0 saturated heterocycles. The zero-order chi connectivity index (χ0) is 30.9. The molecule has 0 amide bonds. The standard InChI is InChI=1S/C43H30N2S/c44-31-32-27-28-41-40(29-32)39-25-14-26-42(43(39)45(41)35-18-7-2-8-19-35)46(36-20-9-3-10-21-36,37-22-11-4-12-23-37)38-24-13-17-34(30-38)33-15-5-1-6-16-33/h1-30H. The molecule has 218 valence electrons. The largest absolute Gasteiger partial charge is 0.308 e. The van der Waals surface area contributed by atoms with Crippen LogP contribution in [0.25, 0.3) is 38.6 Å². The highest BCUT2D eigenvalue weighted by Crippen LogP contribution is 2.75. The molecule has 0 radical (unpaired) electrons. The van der Waals surface area contributed by atoms with Gasteiger partial charge >= 0.3 is 0 Å². The molecule has 8 rings (SSSR count). The van der Waals surface area contributed by atoms with Crippen LogP contribution >= 0.6 is 10.0 Å². The molecule has 0 aliphatic carbocycles. The maximum atomic E-state index is 9.89. The van der Waals surface area contributed by atoms with Crippen molar-refractivity contribution >= 4 is 31.8 Å². The van der Waals surface area contributed by atoms with Gasteiger partial charge in [0.2, 0.25) is 0 Å². The summed E-state index contributed by atoms with van der Waals surface area (Å²) in [6.45, 7) is 0. The topological polar surface area (TPSA) is 28.7 Å². The van der Waals surface area contributed by atoms with Crippen LogP contribution in [0.1, 0.15) is 5.56 Å². The maximum absolute atomic E-state index is 9.89. The van der Waals surface area contributed by atoms with E-state index in [1.807, 2.05) is 12.1 Å². The normalized spacial score (nSPS) is 11.8. The third-order valence-corrected chi connectivity index (χ3v) is 12.6. The van der Waals surface area contributed by atoms with Crippen LogP contribution in [0, 0.1) is 11.3 Å². The minimum atomic E-state index is -2.05. The molecule has 0 atom stereocenters. The van der Waals surface area contributed by atoms with Crippen molar-refractivity contribution in [2.24, 2.45) is 0 Å². The van der Waals surface area contributed by atoms with E-state index >= 15 is 0 Å². The van der Waals surface area contributed by atoms with Gasteiger partial charge < -0.3 is 4.57 Å². The van der Waals surface area contributed by atoms with E-state index in [2.05, 4.69) is 180 Å². The molecule has 46 heavy (non-hydrogen) atoms. The lowest BCUT2D eigenvalue weighted by Crippen LogP contribution is -2.07. The van der Waals surface area contributed by atoms with E-state index in [0.717, 1.165) is 27.5 Å². The van der Waals surface area contributed by atoms with Gasteiger partial charge in [-0.1, -0.05) is 109 Å². The van der Waals surface area contributed by atoms with Crippen molar-refractivity contribution in [2.75, 3.05) is 0 Å². The molecule has 0 aliphatic rings. The van der Waals surface area contributed by atoms with Crippen LogP contribution in [-0.2, 0) is 0 Å². The van der Waals surface area contributed by atoms with Gasteiger partial charge in [-0.25, -0.2) is 0 Å². The van der Waals surface area contributed by atoms with E-state index < -0.39 is 10.0 Å². The number of para-hydroxylation sites is 2. The predicted molar refractivity (Wildman–Crippen MR) is 191 cm³/mol. The van der Waals surface area contributed by atoms with Gasteiger partial charge in [-0.3, -0.25) is 0 Å². The van der Waals surface area contributed by atoms with Gasteiger partial charge in [0, 0.05) is 36.0 Å². The Morgan fingerprint density at radius 2 is 1.02 bits per heavy atom. The van der Waals surface area contributed by atoms with E-state index in [-0.39, 0.29) is 0 Å². The Labute approximate surface area is 270 Å². The first-order chi connectivity index (χ1) is 22.8. The first-order valence-electron chi connectivity index (χ1n) is 15.4. The van der Waals surface area contributed by atoms with E-state index in [9.17, 15) is 5.26 Å². The second-order valence-corrected chi connectivity index (χ2v) is 14.4. The summed E-state index contributed by atoms with van der Waals surface area (Å²) >= 11 is 0. The summed E-state index contributed by atoms with van der Waals surface area (Å²) in [7, 11) is -2.05. The third kappa shape index (κ3) is 4.43. The van der Waals surface area contributed by atoms with Crippen LogP contribution in [0.3, 0.4) is 0 Å². The average molecular weight is 607 g/mol. The Morgan fingerprint density at radius 3 is 1.67 bits per heavy atom. The molecule has 0 unspecified atom stereocenters. The molecule has 0 aliphatic heterocycles. The van der Waals surface area contributed by atoms with Crippen LogP contribution in [0.4, 0.5) is 0 Å². The zero-order valence-corrected chi connectivity index (χ0v) is 25.9. The smallest absolute Gasteiger partial charge is 0.0991 e. The SMILES string of the molecule is N#Cc1ccc2c(c1)c1cccc(S(c3ccccc3)(c3ccccc3)c3cccc(-c4ccccc4)c3)c1n2-c1ccccc1. The summed E-state index contributed by atoms with van der Waals surface area (Å²) in [6.07, 6.45) is 0. The second kappa shape index (κ2) is 11.6. The highest BCUT2D eigenvalue weighted by atomic mass is 32.3. The Balaban J connectivity index is 1.58. The van der Waals surface area contributed by atoms with Crippen molar-refractivity contribution in [3.05, 3.63) is 188 Å². The first kappa shape index (κ1) is 27.7. The molecule has 7 aromatic carbocycles. The molecule has 0 saturated carbocycles. The fourth-order valence-electron chi connectivity index (χ4n) is 6.73. The van der Waals surface area contributed by atoms with Crippen LogP contribution < -0.4 is 0 Å².